The number of likely N-dealkylation sites (tertiary alicyclic amines) is 2. The van der Waals surface area contributed by atoms with E-state index in [-0.39, 0.29) is 0 Å². The van der Waals surface area contributed by atoms with Gasteiger partial charge in [-0.1, -0.05) is 0 Å². The molecule has 0 saturated carbocycles. The number of hydrogen-bond donors (Lipinski definition) is 1. The summed E-state index contributed by atoms with van der Waals surface area (Å²) < 4.78 is 25.4. The van der Waals surface area contributed by atoms with Crippen molar-refractivity contribution in [3.63, 3.8) is 0 Å². The number of nitrogens with zero attached hydrogens (tertiary/aromatic N) is 4. The first-order valence-electron chi connectivity index (χ1n) is 12.3. The number of benzene rings is 1. The molecule has 2 aliphatic heterocycles. The smallest absolute Gasteiger partial charge is 0.162 e. The van der Waals surface area contributed by atoms with Gasteiger partial charge in [0.25, 0.3) is 0 Å². The Labute approximate surface area is 210 Å². The van der Waals surface area contributed by atoms with Crippen molar-refractivity contribution in [3.8, 4) is 11.5 Å². The van der Waals surface area contributed by atoms with E-state index in [0.29, 0.717) is 29.6 Å². The lowest BCUT2D eigenvalue weighted by Crippen LogP contribution is -2.44. The number of hydrogen-bond acceptors (Lipinski definition) is 7. The van der Waals surface area contributed by atoms with Gasteiger partial charge in [0, 0.05) is 36.3 Å². The number of aromatic nitrogens is 2. The molecule has 188 valence electrons. The summed E-state index contributed by atoms with van der Waals surface area (Å²) in [5, 5.41) is 3.32. The molecule has 5 rings (SSSR count). The van der Waals surface area contributed by atoms with Crippen LogP contribution in [0.25, 0.3) is 10.9 Å². The average molecular weight is 502 g/mol. The monoisotopic (exact) mass is 501 g/mol. The van der Waals surface area contributed by atoms with Crippen LogP contribution in [0.4, 0.5) is 10.2 Å². The van der Waals surface area contributed by atoms with Crippen LogP contribution in [0.15, 0.2) is 42.4 Å². The molecule has 1 aromatic heterocycles. The maximum Gasteiger partial charge on any atom is 0.162 e. The van der Waals surface area contributed by atoms with Gasteiger partial charge in [-0.3, -0.25) is 4.90 Å². The molecule has 1 N–H and O–H groups in total. The van der Waals surface area contributed by atoms with E-state index in [0.717, 1.165) is 35.8 Å². The third-order valence-corrected chi connectivity index (χ3v) is 7.65. The van der Waals surface area contributed by atoms with E-state index in [9.17, 15) is 4.39 Å². The predicted octanol–water partition coefficient (Wildman–Crippen LogP) is 4.24. The standard InChI is InChI=1S/C26H33ClFN5O2/c1-32-9-7-23-17(15-32)6-10-33(23)8-3-11-35-25-13-19-22(14-24(25)34-2)29-16-30-26(19)31-18-4-5-21(28)20(27)12-18/h4-5,12-14,16-17,20-21,23H,3,6-11,15H2,1-2H3,(H,29,30,31). The quantitative estimate of drug-likeness (QED) is 0.428. The zero-order valence-corrected chi connectivity index (χ0v) is 21.0. The van der Waals surface area contributed by atoms with Crippen molar-refractivity contribution in [3.05, 3.63) is 42.4 Å². The zero-order valence-electron chi connectivity index (χ0n) is 20.3. The van der Waals surface area contributed by atoms with Crippen LogP contribution in [0.5, 0.6) is 11.5 Å². The number of alkyl halides is 2. The fourth-order valence-electron chi connectivity index (χ4n) is 5.47. The van der Waals surface area contributed by atoms with Gasteiger partial charge < -0.3 is 19.7 Å². The molecule has 3 aliphatic rings. The number of allylic oxidation sites excluding steroid dienone is 3. The summed E-state index contributed by atoms with van der Waals surface area (Å²) in [6.45, 7) is 5.24. The van der Waals surface area contributed by atoms with Crippen molar-refractivity contribution in [1.82, 2.24) is 19.8 Å². The highest BCUT2D eigenvalue weighted by Gasteiger charge is 2.36. The second-order valence-corrected chi connectivity index (χ2v) is 10.1. The van der Waals surface area contributed by atoms with Gasteiger partial charge in [0.15, 0.2) is 11.5 Å². The van der Waals surface area contributed by atoms with Crippen LogP contribution in [0.3, 0.4) is 0 Å². The molecule has 4 atom stereocenters. The Balaban J connectivity index is 1.25. The first-order valence-corrected chi connectivity index (χ1v) is 12.8. The molecule has 7 nitrogen and oxygen atoms in total. The largest absolute Gasteiger partial charge is 0.493 e. The summed E-state index contributed by atoms with van der Waals surface area (Å²) in [5.74, 6) is 2.70. The number of nitrogens with one attached hydrogen (secondary N) is 1. The van der Waals surface area contributed by atoms with E-state index >= 15 is 0 Å². The minimum atomic E-state index is -1.19. The number of rotatable bonds is 8. The Hall–Kier alpha value is -2.42. The van der Waals surface area contributed by atoms with E-state index in [1.54, 1.807) is 19.3 Å². The number of anilines is 1. The van der Waals surface area contributed by atoms with Gasteiger partial charge in [0.1, 0.15) is 18.3 Å². The SMILES string of the molecule is COc1cc2ncnc(NC3=CC(Cl)C(F)C=C3)c2cc1OCCCN1CCC2CN(C)CCC21. The molecule has 1 aromatic carbocycles. The first kappa shape index (κ1) is 24.3. The van der Waals surface area contributed by atoms with Crippen LogP contribution in [0.2, 0.25) is 0 Å². The van der Waals surface area contributed by atoms with Crippen molar-refractivity contribution < 1.29 is 13.9 Å². The van der Waals surface area contributed by atoms with Gasteiger partial charge >= 0.3 is 0 Å². The van der Waals surface area contributed by atoms with E-state index in [1.165, 1.54) is 44.9 Å². The Bertz CT molecular complexity index is 1110. The van der Waals surface area contributed by atoms with E-state index in [1.807, 2.05) is 12.1 Å². The van der Waals surface area contributed by atoms with Crippen molar-refractivity contribution in [1.29, 1.82) is 0 Å². The predicted molar refractivity (Wildman–Crippen MR) is 137 cm³/mol. The van der Waals surface area contributed by atoms with Crippen LogP contribution in [0.1, 0.15) is 19.3 Å². The minimum absolute atomic E-state index is 0.602. The topological polar surface area (TPSA) is 62.8 Å². The van der Waals surface area contributed by atoms with Crippen LogP contribution in [-0.2, 0) is 0 Å². The van der Waals surface area contributed by atoms with Crippen molar-refractivity contribution in [2.24, 2.45) is 5.92 Å². The zero-order chi connectivity index (χ0) is 24.4. The second kappa shape index (κ2) is 10.7. The van der Waals surface area contributed by atoms with Crippen molar-refractivity contribution in [2.75, 3.05) is 52.3 Å². The summed E-state index contributed by atoms with van der Waals surface area (Å²) in [5.41, 5.74) is 1.42. The Morgan fingerprint density at radius 2 is 2.09 bits per heavy atom. The van der Waals surface area contributed by atoms with E-state index in [4.69, 9.17) is 21.1 Å². The molecule has 2 aromatic rings. The number of methoxy groups -OCH3 is 1. The van der Waals surface area contributed by atoms with Gasteiger partial charge in [-0.15, -0.1) is 11.6 Å². The molecule has 0 spiro atoms. The van der Waals surface area contributed by atoms with Crippen LogP contribution >= 0.6 is 11.6 Å². The highest BCUT2D eigenvalue weighted by atomic mass is 35.5. The fourth-order valence-corrected chi connectivity index (χ4v) is 5.69. The fraction of sp³-hybridized carbons (Fsp3) is 0.538. The highest BCUT2D eigenvalue weighted by Crippen LogP contribution is 2.35. The number of fused-ring (bicyclic) bond motifs is 2. The summed E-state index contributed by atoms with van der Waals surface area (Å²) >= 11 is 6.06. The van der Waals surface area contributed by atoms with Gasteiger partial charge in [-0.05, 0) is 69.6 Å². The van der Waals surface area contributed by atoms with Crippen LogP contribution in [0, 0.1) is 5.92 Å². The molecule has 2 saturated heterocycles. The summed E-state index contributed by atoms with van der Waals surface area (Å²) in [6.07, 6.45) is 8.56. The second-order valence-electron chi connectivity index (χ2n) is 9.64. The average Bonchev–Trinajstić information content (AvgIpc) is 3.25. The molecule has 2 fully saturated rings. The van der Waals surface area contributed by atoms with Crippen molar-refractivity contribution >= 4 is 28.3 Å². The highest BCUT2D eigenvalue weighted by molar-refractivity contribution is 6.22. The van der Waals surface area contributed by atoms with Gasteiger partial charge in [0.2, 0.25) is 0 Å². The lowest BCUT2D eigenvalue weighted by atomic mass is 9.93. The molecule has 4 unspecified atom stereocenters. The number of halogens is 2. The maximum absolute atomic E-state index is 13.7. The van der Waals surface area contributed by atoms with Gasteiger partial charge in [-0.2, -0.15) is 0 Å². The van der Waals surface area contributed by atoms with Crippen molar-refractivity contribution in [2.45, 2.75) is 36.9 Å². The third-order valence-electron chi connectivity index (χ3n) is 7.29. The molecule has 35 heavy (non-hydrogen) atoms. The molecule has 3 heterocycles. The molecular weight excluding hydrogens is 469 g/mol. The molecule has 1 aliphatic carbocycles. The summed E-state index contributed by atoms with van der Waals surface area (Å²) in [6, 6.07) is 4.48. The first-order chi connectivity index (χ1) is 17.0. The maximum atomic E-state index is 13.7. The lowest BCUT2D eigenvalue weighted by molar-refractivity contribution is 0.124. The lowest BCUT2D eigenvalue weighted by Gasteiger charge is -2.36. The Kier molecular flexibility index (Phi) is 7.41. The molecule has 0 amide bonds. The summed E-state index contributed by atoms with van der Waals surface area (Å²) in [4.78, 5) is 13.9. The van der Waals surface area contributed by atoms with Crippen LogP contribution < -0.4 is 14.8 Å². The van der Waals surface area contributed by atoms with Crippen LogP contribution in [-0.4, -0.2) is 84.3 Å². The molecule has 9 heteroatoms. The van der Waals surface area contributed by atoms with E-state index < -0.39 is 11.5 Å². The van der Waals surface area contributed by atoms with E-state index in [2.05, 4.69) is 32.1 Å². The normalized spacial score (nSPS) is 27.0. The number of piperidine rings is 1. The molecular formula is C26H33ClFN5O2. The Morgan fingerprint density at radius 1 is 1.20 bits per heavy atom. The number of ether oxygens (including phenoxy) is 2. The van der Waals surface area contributed by atoms with Gasteiger partial charge in [0.05, 0.1) is 24.6 Å². The Morgan fingerprint density at radius 3 is 2.91 bits per heavy atom. The molecule has 0 bridgehead atoms. The summed E-state index contributed by atoms with van der Waals surface area (Å²) in [7, 11) is 3.86. The molecule has 0 radical (unpaired) electrons. The third kappa shape index (κ3) is 5.39. The van der Waals surface area contributed by atoms with Gasteiger partial charge in [-0.25, -0.2) is 14.4 Å². The minimum Gasteiger partial charge on any atom is -0.493 e.